The molecule has 9 heteroatoms. The average molecular weight is 508 g/mol. The molecule has 3 heterocycles. The molecule has 0 fully saturated rings. The lowest BCUT2D eigenvalue weighted by molar-refractivity contribution is -0.764. The van der Waals surface area contributed by atoms with Gasteiger partial charge in [-0.25, -0.2) is 4.90 Å². The molecule has 4 aromatic rings. The van der Waals surface area contributed by atoms with Gasteiger partial charge in [0, 0.05) is 28.4 Å². The fourth-order valence-electron chi connectivity index (χ4n) is 4.23. The number of hydrogen-bond acceptors (Lipinski definition) is 5. The van der Waals surface area contributed by atoms with Crippen molar-refractivity contribution < 1.29 is 13.9 Å². The van der Waals surface area contributed by atoms with E-state index in [1.807, 2.05) is 61.5 Å². The van der Waals surface area contributed by atoms with Crippen LogP contribution in [-0.4, -0.2) is 21.7 Å². The number of nitrogens with zero attached hydrogens (tertiary/aromatic N) is 3. The van der Waals surface area contributed by atoms with E-state index < -0.39 is 6.17 Å². The number of carbonyl (C=O) groups is 1. The number of aromatic amines is 1. The van der Waals surface area contributed by atoms with E-state index in [1.54, 1.807) is 9.58 Å². The van der Waals surface area contributed by atoms with Crippen molar-refractivity contribution in [1.82, 2.24) is 10.1 Å². The first-order valence-corrected chi connectivity index (χ1v) is 12.7. The summed E-state index contributed by atoms with van der Waals surface area (Å²) in [6, 6.07) is 16.7. The van der Waals surface area contributed by atoms with Crippen LogP contribution in [0.2, 0.25) is 5.02 Å². The Hall–Kier alpha value is -3.36. The Labute approximate surface area is 211 Å². The molecule has 0 unspecified atom stereocenters. The van der Waals surface area contributed by atoms with Crippen LogP contribution >= 0.6 is 23.4 Å². The van der Waals surface area contributed by atoms with Crippen molar-refractivity contribution in [3.05, 3.63) is 81.3 Å². The predicted octanol–water partition coefficient (Wildman–Crippen LogP) is 5.36. The fraction of sp³-hybridized carbons (Fsp3) is 0.231. The van der Waals surface area contributed by atoms with Crippen molar-refractivity contribution >= 4 is 35.0 Å². The van der Waals surface area contributed by atoms with Gasteiger partial charge in [0.05, 0.1) is 11.3 Å². The van der Waals surface area contributed by atoms with E-state index in [2.05, 4.69) is 11.9 Å². The number of nitrogens with one attached hydrogen (secondary N) is 1. The van der Waals surface area contributed by atoms with Gasteiger partial charge in [-0.1, -0.05) is 54.6 Å². The molecule has 0 bridgehead atoms. The minimum atomic E-state index is -0.768. The van der Waals surface area contributed by atoms with Crippen LogP contribution in [0.5, 0.6) is 0 Å². The summed E-state index contributed by atoms with van der Waals surface area (Å²) in [5.74, 6) is 1.70. The highest BCUT2D eigenvalue weighted by atomic mass is 35.5. The van der Waals surface area contributed by atoms with Crippen LogP contribution in [0.1, 0.15) is 37.8 Å². The Kier molecular flexibility index (Phi) is 6.25. The number of aryl methyl sites for hydroxylation is 1. The number of furan rings is 1. The third-order valence-corrected chi connectivity index (χ3v) is 7.35. The second kappa shape index (κ2) is 9.36. The molecule has 1 atom stereocenters. The number of fused-ring (bicyclic) bond motifs is 3. The van der Waals surface area contributed by atoms with E-state index in [1.165, 1.54) is 18.7 Å². The summed E-state index contributed by atoms with van der Waals surface area (Å²) >= 11 is 7.80. The van der Waals surface area contributed by atoms with E-state index >= 15 is 0 Å². The number of rotatable bonds is 5. The van der Waals surface area contributed by atoms with Crippen LogP contribution in [0.4, 0.5) is 5.69 Å². The molecular weight excluding hydrogens is 484 g/mol. The number of aromatic nitrogens is 3. The van der Waals surface area contributed by atoms with Crippen LogP contribution in [0.15, 0.2) is 69.0 Å². The van der Waals surface area contributed by atoms with Gasteiger partial charge in [0.15, 0.2) is 5.76 Å². The maximum Gasteiger partial charge on any atom is 0.325 e. The molecule has 1 aliphatic heterocycles. The van der Waals surface area contributed by atoms with Crippen molar-refractivity contribution in [2.45, 2.75) is 38.5 Å². The molecule has 2 aromatic heterocycles. The molecule has 5 rings (SSSR count). The van der Waals surface area contributed by atoms with Crippen molar-refractivity contribution in [1.29, 1.82) is 0 Å². The Morgan fingerprint density at radius 1 is 1.23 bits per heavy atom. The number of carbonyl (C=O) groups excluding carboxylic acids is 1. The first-order valence-electron chi connectivity index (χ1n) is 11.3. The standard InChI is InChI=1S/C26H23ClN4O3S/c1-4-13-35-26-28-24(33)23-18-7-5-6-8-20(18)30(16(3)32)25(31(23)29-26)22-12-11-21(34-22)17-10-9-15(2)19(27)14-17/h5-12,14,25H,4,13H2,1-3H3/p+1/t25-/m0/s1. The molecule has 1 aliphatic rings. The Balaban J connectivity index is 1.71. The van der Waals surface area contributed by atoms with Crippen LogP contribution < -0.4 is 15.1 Å². The molecule has 7 nitrogen and oxygen atoms in total. The van der Waals surface area contributed by atoms with Crippen molar-refractivity contribution in [2.24, 2.45) is 0 Å². The molecule has 0 saturated carbocycles. The van der Waals surface area contributed by atoms with E-state index in [9.17, 15) is 9.59 Å². The maximum absolute atomic E-state index is 13.3. The third-order valence-electron chi connectivity index (χ3n) is 5.88. The van der Waals surface area contributed by atoms with Gasteiger partial charge in [0.25, 0.3) is 0 Å². The maximum atomic E-state index is 13.3. The Morgan fingerprint density at radius 3 is 2.77 bits per heavy atom. The number of H-pyrrole nitrogens is 1. The van der Waals surface area contributed by atoms with Gasteiger partial charge in [0.1, 0.15) is 5.76 Å². The van der Waals surface area contributed by atoms with Crippen molar-refractivity contribution in [2.75, 3.05) is 10.7 Å². The van der Waals surface area contributed by atoms with E-state index in [-0.39, 0.29) is 11.5 Å². The number of amides is 1. The highest BCUT2D eigenvalue weighted by molar-refractivity contribution is 7.99. The first-order chi connectivity index (χ1) is 16.9. The van der Waals surface area contributed by atoms with Crippen molar-refractivity contribution in [3.8, 4) is 22.6 Å². The lowest BCUT2D eigenvalue weighted by Gasteiger charge is -2.30. The summed E-state index contributed by atoms with van der Waals surface area (Å²) in [6.07, 6.45) is 0.165. The zero-order valence-electron chi connectivity index (χ0n) is 19.5. The average Bonchev–Trinajstić information content (AvgIpc) is 3.33. The van der Waals surface area contributed by atoms with E-state index in [0.717, 1.165) is 23.3 Å². The summed E-state index contributed by atoms with van der Waals surface area (Å²) in [6.45, 7) is 5.50. The second-order valence-corrected chi connectivity index (χ2v) is 9.84. The molecule has 2 aromatic carbocycles. The molecular formula is C26H24ClN4O3S+. The number of benzene rings is 2. The number of anilines is 1. The zero-order chi connectivity index (χ0) is 24.7. The minimum Gasteiger partial charge on any atom is -0.452 e. The van der Waals surface area contributed by atoms with Gasteiger partial charge < -0.3 is 4.42 Å². The van der Waals surface area contributed by atoms with Crippen LogP contribution in [0.3, 0.4) is 0 Å². The number of halogens is 1. The fourth-order valence-corrected chi connectivity index (χ4v) is 5.12. The zero-order valence-corrected chi connectivity index (χ0v) is 21.1. The predicted molar refractivity (Wildman–Crippen MR) is 137 cm³/mol. The second-order valence-electron chi connectivity index (χ2n) is 8.35. The Bertz CT molecular complexity index is 1500. The van der Waals surface area contributed by atoms with Gasteiger partial charge in [-0.15, -0.1) is 0 Å². The summed E-state index contributed by atoms with van der Waals surface area (Å²) in [5.41, 5.74) is 3.16. The molecule has 0 spiro atoms. The largest absolute Gasteiger partial charge is 0.452 e. The van der Waals surface area contributed by atoms with Gasteiger partial charge >= 0.3 is 17.4 Å². The molecule has 178 valence electrons. The van der Waals surface area contributed by atoms with E-state index in [4.69, 9.17) is 21.1 Å². The lowest BCUT2D eigenvalue weighted by Crippen LogP contribution is -2.60. The Morgan fingerprint density at radius 2 is 2.03 bits per heavy atom. The van der Waals surface area contributed by atoms with Crippen molar-refractivity contribution in [3.63, 3.8) is 0 Å². The summed E-state index contributed by atoms with van der Waals surface area (Å²) in [7, 11) is 0. The summed E-state index contributed by atoms with van der Waals surface area (Å²) in [5, 5.41) is 5.89. The summed E-state index contributed by atoms with van der Waals surface area (Å²) < 4.78 is 7.89. The van der Waals surface area contributed by atoms with Gasteiger partial charge in [-0.2, -0.15) is 0 Å². The molecule has 1 N–H and O–H groups in total. The number of para-hydroxylation sites is 1. The number of thioether (sulfide) groups is 1. The lowest BCUT2D eigenvalue weighted by atomic mass is 10.0. The minimum absolute atomic E-state index is 0.193. The van der Waals surface area contributed by atoms with E-state index in [0.29, 0.717) is 38.6 Å². The molecule has 1 amide bonds. The molecule has 0 saturated heterocycles. The van der Waals surface area contributed by atoms with Crippen LogP contribution in [0.25, 0.3) is 22.6 Å². The molecule has 35 heavy (non-hydrogen) atoms. The third kappa shape index (κ3) is 4.17. The van der Waals surface area contributed by atoms with Crippen LogP contribution in [0, 0.1) is 6.92 Å². The normalized spacial score (nSPS) is 14.5. The monoisotopic (exact) mass is 507 g/mol. The quantitative estimate of drug-likeness (QED) is 0.290. The van der Waals surface area contributed by atoms with Gasteiger partial charge in [-0.3, -0.25) is 14.6 Å². The highest BCUT2D eigenvalue weighted by Gasteiger charge is 2.46. The molecule has 0 aliphatic carbocycles. The summed E-state index contributed by atoms with van der Waals surface area (Å²) in [4.78, 5) is 30.8. The SMILES string of the molecule is CCCSc1n[n+]2c(c(=O)[nH]1)-c1ccccc1N(C(C)=O)[C@@H]2c1ccc(-c2ccc(C)c(Cl)c2)o1. The topological polar surface area (TPSA) is 83.1 Å². The highest BCUT2D eigenvalue weighted by Crippen LogP contribution is 2.38. The molecule has 0 radical (unpaired) electrons. The van der Waals surface area contributed by atoms with Crippen LogP contribution in [-0.2, 0) is 4.79 Å². The smallest absolute Gasteiger partial charge is 0.325 e. The first kappa shape index (κ1) is 23.4. The van der Waals surface area contributed by atoms with Gasteiger partial charge in [0.2, 0.25) is 11.1 Å². The van der Waals surface area contributed by atoms with Gasteiger partial charge in [-0.05, 0) is 53.9 Å². The number of hydrogen-bond donors (Lipinski definition) is 1.